The van der Waals surface area contributed by atoms with Crippen LogP contribution < -0.4 is 10.6 Å². The van der Waals surface area contributed by atoms with Crippen LogP contribution in [0.25, 0.3) is 0 Å². The number of aromatic nitrogens is 2. The van der Waals surface area contributed by atoms with Gasteiger partial charge in [0, 0.05) is 18.7 Å². The second kappa shape index (κ2) is 8.20. The zero-order chi connectivity index (χ0) is 15.1. The molecule has 0 radical (unpaired) electrons. The van der Waals surface area contributed by atoms with Gasteiger partial charge in [-0.25, -0.2) is 9.97 Å². The second-order valence-corrected chi connectivity index (χ2v) is 6.23. The van der Waals surface area contributed by atoms with Crippen molar-refractivity contribution in [2.75, 3.05) is 23.7 Å². The minimum absolute atomic E-state index is 0.783. The van der Waals surface area contributed by atoms with Crippen molar-refractivity contribution >= 4 is 11.6 Å². The lowest BCUT2D eigenvalue weighted by molar-refractivity contribution is 0.268. The minimum Gasteiger partial charge on any atom is -0.370 e. The molecule has 1 aliphatic rings. The highest BCUT2D eigenvalue weighted by molar-refractivity contribution is 5.57. The van der Waals surface area contributed by atoms with Crippen LogP contribution in [0, 0.1) is 11.8 Å². The van der Waals surface area contributed by atoms with E-state index in [0.29, 0.717) is 0 Å². The molecule has 1 fully saturated rings. The normalized spacial score (nSPS) is 22.0. The first-order chi connectivity index (χ1) is 10.3. The van der Waals surface area contributed by atoms with E-state index in [2.05, 4.69) is 41.4 Å². The predicted molar refractivity (Wildman–Crippen MR) is 89.8 cm³/mol. The highest BCUT2D eigenvalue weighted by Crippen LogP contribution is 2.30. The maximum Gasteiger partial charge on any atom is 0.134 e. The number of nitrogens with zero attached hydrogens (tertiary/aromatic N) is 2. The predicted octanol–water partition coefficient (Wildman–Crippen LogP) is 4.10. The summed E-state index contributed by atoms with van der Waals surface area (Å²) in [4.78, 5) is 8.88. The van der Waals surface area contributed by atoms with Gasteiger partial charge in [0.1, 0.15) is 18.0 Å². The van der Waals surface area contributed by atoms with Gasteiger partial charge in [-0.15, -0.1) is 0 Å². The van der Waals surface area contributed by atoms with Gasteiger partial charge in [-0.3, -0.25) is 0 Å². The molecular weight excluding hydrogens is 260 g/mol. The molecule has 2 atom stereocenters. The molecule has 0 spiro atoms. The van der Waals surface area contributed by atoms with Gasteiger partial charge in [-0.05, 0) is 31.6 Å². The summed E-state index contributed by atoms with van der Waals surface area (Å²) in [7, 11) is 0. The fourth-order valence-electron chi connectivity index (χ4n) is 3.30. The van der Waals surface area contributed by atoms with E-state index in [1.54, 1.807) is 6.33 Å². The lowest BCUT2D eigenvalue weighted by atomic mass is 9.80. The van der Waals surface area contributed by atoms with Crippen molar-refractivity contribution in [1.82, 2.24) is 9.97 Å². The van der Waals surface area contributed by atoms with E-state index in [4.69, 9.17) is 0 Å². The highest BCUT2D eigenvalue weighted by atomic mass is 15.1. The molecule has 0 bridgehead atoms. The molecule has 4 heteroatoms. The third-order valence-corrected chi connectivity index (χ3v) is 4.61. The molecule has 0 saturated heterocycles. The van der Waals surface area contributed by atoms with E-state index in [-0.39, 0.29) is 0 Å². The molecule has 4 nitrogen and oxygen atoms in total. The highest BCUT2D eigenvalue weighted by Gasteiger charge is 2.21. The summed E-state index contributed by atoms with van der Waals surface area (Å²) in [5, 5.41) is 6.96. The van der Waals surface area contributed by atoms with Gasteiger partial charge >= 0.3 is 0 Å². The van der Waals surface area contributed by atoms with E-state index in [1.165, 1.54) is 31.2 Å². The number of hydrogen-bond donors (Lipinski definition) is 2. The van der Waals surface area contributed by atoms with Crippen LogP contribution in [0.5, 0.6) is 0 Å². The fraction of sp³-hybridized carbons (Fsp3) is 0.765. The first-order valence-electron chi connectivity index (χ1n) is 8.57. The van der Waals surface area contributed by atoms with Crippen LogP contribution in [0.2, 0.25) is 0 Å². The number of rotatable bonds is 7. The van der Waals surface area contributed by atoms with Crippen molar-refractivity contribution in [1.29, 1.82) is 0 Å². The molecule has 0 amide bonds. The maximum absolute atomic E-state index is 4.49. The summed E-state index contributed by atoms with van der Waals surface area (Å²) in [6.45, 7) is 8.64. The van der Waals surface area contributed by atoms with Crippen LogP contribution in [0.4, 0.5) is 11.6 Å². The second-order valence-electron chi connectivity index (χ2n) is 6.23. The largest absolute Gasteiger partial charge is 0.370 e. The summed E-state index contributed by atoms with van der Waals surface area (Å²) in [5.74, 6) is 3.64. The summed E-state index contributed by atoms with van der Waals surface area (Å²) < 4.78 is 0. The average Bonchev–Trinajstić information content (AvgIpc) is 2.49. The molecule has 1 heterocycles. The Morgan fingerprint density at radius 1 is 1.10 bits per heavy atom. The molecule has 2 unspecified atom stereocenters. The Labute approximate surface area is 129 Å². The van der Waals surface area contributed by atoms with E-state index in [9.17, 15) is 0 Å². The van der Waals surface area contributed by atoms with Crippen molar-refractivity contribution in [3.63, 3.8) is 0 Å². The van der Waals surface area contributed by atoms with Crippen molar-refractivity contribution in [3.8, 4) is 0 Å². The molecule has 118 valence electrons. The molecule has 0 aliphatic heterocycles. The van der Waals surface area contributed by atoms with Crippen molar-refractivity contribution in [2.24, 2.45) is 11.8 Å². The third-order valence-electron chi connectivity index (χ3n) is 4.61. The Balaban J connectivity index is 2.05. The molecular formula is C17H30N4. The first-order valence-corrected chi connectivity index (χ1v) is 8.57. The smallest absolute Gasteiger partial charge is 0.134 e. The number of anilines is 2. The van der Waals surface area contributed by atoms with Crippen molar-refractivity contribution < 1.29 is 0 Å². The van der Waals surface area contributed by atoms with Gasteiger partial charge in [-0.2, -0.15) is 0 Å². The minimum atomic E-state index is 0.783. The molecule has 0 aromatic carbocycles. The summed E-state index contributed by atoms with van der Waals surface area (Å²) in [6, 6.07) is 0. The molecule has 2 N–H and O–H groups in total. The van der Waals surface area contributed by atoms with Crippen molar-refractivity contribution in [3.05, 3.63) is 11.9 Å². The zero-order valence-electron chi connectivity index (χ0n) is 13.8. The topological polar surface area (TPSA) is 49.8 Å². The molecule has 1 aliphatic carbocycles. The molecule has 2 rings (SSSR count). The van der Waals surface area contributed by atoms with E-state index < -0.39 is 0 Å². The number of nitrogens with one attached hydrogen (secondary N) is 2. The zero-order valence-corrected chi connectivity index (χ0v) is 13.8. The Kier molecular flexibility index (Phi) is 6.27. The summed E-state index contributed by atoms with van der Waals surface area (Å²) >= 11 is 0. The van der Waals surface area contributed by atoms with Gasteiger partial charge in [0.05, 0.1) is 0 Å². The molecule has 1 aromatic heterocycles. The fourth-order valence-corrected chi connectivity index (χ4v) is 3.30. The standard InChI is InChI=1S/C17H30N4/c1-4-8-15-16(18-5-2)20-12-21-17(15)19-11-14-10-7-6-9-13(14)3/h12-14H,4-11H2,1-3H3,(H2,18,19,20,21). The Morgan fingerprint density at radius 3 is 2.48 bits per heavy atom. The lowest BCUT2D eigenvalue weighted by Gasteiger charge is -2.29. The SMILES string of the molecule is CCCc1c(NCC)ncnc1NCC1CCCCC1C. The summed E-state index contributed by atoms with van der Waals surface area (Å²) in [5.41, 5.74) is 1.24. The van der Waals surface area contributed by atoms with Crippen LogP contribution in [-0.2, 0) is 6.42 Å². The van der Waals surface area contributed by atoms with Crippen LogP contribution in [0.3, 0.4) is 0 Å². The van der Waals surface area contributed by atoms with E-state index >= 15 is 0 Å². The Morgan fingerprint density at radius 2 is 1.81 bits per heavy atom. The average molecular weight is 290 g/mol. The first kappa shape index (κ1) is 16.1. The van der Waals surface area contributed by atoms with Gasteiger partial charge in [0.15, 0.2) is 0 Å². The van der Waals surface area contributed by atoms with Crippen molar-refractivity contribution in [2.45, 2.75) is 59.3 Å². The van der Waals surface area contributed by atoms with E-state index in [0.717, 1.165) is 49.4 Å². The van der Waals surface area contributed by atoms with Crippen LogP contribution >= 0.6 is 0 Å². The summed E-state index contributed by atoms with van der Waals surface area (Å²) in [6.07, 6.45) is 9.31. The van der Waals surface area contributed by atoms with Crippen LogP contribution in [0.1, 0.15) is 58.4 Å². The van der Waals surface area contributed by atoms with Gasteiger partial charge in [0.2, 0.25) is 0 Å². The molecule has 1 aromatic rings. The Hall–Kier alpha value is -1.32. The molecule has 21 heavy (non-hydrogen) atoms. The quantitative estimate of drug-likeness (QED) is 0.794. The third kappa shape index (κ3) is 4.32. The monoisotopic (exact) mass is 290 g/mol. The lowest BCUT2D eigenvalue weighted by Crippen LogP contribution is -2.25. The Bertz CT molecular complexity index is 433. The number of hydrogen-bond acceptors (Lipinski definition) is 4. The van der Waals surface area contributed by atoms with Gasteiger partial charge in [0.25, 0.3) is 0 Å². The van der Waals surface area contributed by atoms with Gasteiger partial charge in [-0.1, -0.05) is 39.5 Å². The van der Waals surface area contributed by atoms with Crippen LogP contribution in [-0.4, -0.2) is 23.1 Å². The maximum atomic E-state index is 4.49. The van der Waals surface area contributed by atoms with Gasteiger partial charge < -0.3 is 10.6 Å². The molecule has 1 saturated carbocycles. The van der Waals surface area contributed by atoms with Crippen LogP contribution in [0.15, 0.2) is 6.33 Å². The van der Waals surface area contributed by atoms with E-state index in [1.807, 2.05) is 0 Å².